The van der Waals surface area contributed by atoms with Crippen molar-refractivity contribution in [3.63, 3.8) is 0 Å². The van der Waals surface area contributed by atoms with Crippen molar-refractivity contribution in [1.29, 1.82) is 0 Å². The Hall–Kier alpha value is -1.44. The van der Waals surface area contributed by atoms with Crippen LogP contribution >= 0.6 is 0 Å². The molecule has 0 aliphatic heterocycles. The molecule has 2 aromatic heterocycles. The second-order valence-corrected chi connectivity index (χ2v) is 3.50. The topological polar surface area (TPSA) is 26.3 Å². The van der Waals surface area contributed by atoms with Crippen LogP contribution in [-0.4, -0.2) is 0 Å². The Bertz CT molecular complexity index is 369. The lowest BCUT2D eigenvalue weighted by atomic mass is 10.1. The van der Waals surface area contributed by atoms with Gasteiger partial charge in [0.15, 0.2) is 0 Å². The van der Waals surface area contributed by atoms with Crippen molar-refractivity contribution in [3.8, 4) is 0 Å². The Labute approximate surface area is 83.5 Å². The molecule has 74 valence electrons. The molecule has 0 saturated heterocycles. The summed E-state index contributed by atoms with van der Waals surface area (Å²) in [6.45, 7) is 4.00. The molecule has 0 fully saturated rings. The van der Waals surface area contributed by atoms with Crippen molar-refractivity contribution in [3.05, 3.63) is 47.3 Å². The van der Waals surface area contributed by atoms with Gasteiger partial charge in [-0.2, -0.15) is 0 Å². The molecular formula is C12H14O2. The third kappa shape index (κ3) is 1.74. The predicted molar refractivity (Wildman–Crippen MR) is 54.3 cm³/mol. The number of rotatable bonds is 3. The van der Waals surface area contributed by atoms with Crippen LogP contribution in [-0.2, 0) is 12.8 Å². The van der Waals surface area contributed by atoms with Crippen LogP contribution in [0.3, 0.4) is 0 Å². The number of aryl methyl sites for hydroxylation is 4. The number of hydrogen-bond donors (Lipinski definition) is 0. The Morgan fingerprint density at radius 2 is 1.29 bits per heavy atom. The van der Waals surface area contributed by atoms with Gasteiger partial charge in [0, 0.05) is 0 Å². The van der Waals surface area contributed by atoms with Gasteiger partial charge < -0.3 is 8.83 Å². The van der Waals surface area contributed by atoms with Crippen molar-refractivity contribution < 1.29 is 8.83 Å². The minimum atomic E-state index is 1.02. The molecule has 0 bridgehead atoms. The summed E-state index contributed by atoms with van der Waals surface area (Å²) >= 11 is 0. The van der Waals surface area contributed by atoms with E-state index in [0.29, 0.717) is 0 Å². The Morgan fingerprint density at radius 3 is 1.57 bits per heavy atom. The molecule has 0 unspecified atom stereocenters. The van der Waals surface area contributed by atoms with Crippen LogP contribution in [0.5, 0.6) is 0 Å². The number of furan rings is 2. The van der Waals surface area contributed by atoms with Gasteiger partial charge in [-0.3, -0.25) is 0 Å². The van der Waals surface area contributed by atoms with Crippen LogP contribution in [0.15, 0.2) is 33.5 Å². The largest absolute Gasteiger partial charge is 0.469 e. The lowest BCUT2D eigenvalue weighted by Gasteiger charge is -1.98. The molecule has 0 aromatic carbocycles. The van der Waals surface area contributed by atoms with Gasteiger partial charge in [0.05, 0.1) is 12.5 Å². The van der Waals surface area contributed by atoms with E-state index < -0.39 is 0 Å². The first-order valence-corrected chi connectivity index (χ1v) is 4.83. The highest BCUT2D eigenvalue weighted by Gasteiger charge is 2.04. The molecule has 0 spiro atoms. The molecule has 2 aromatic rings. The first-order valence-electron chi connectivity index (χ1n) is 4.83. The minimum Gasteiger partial charge on any atom is -0.469 e. The van der Waals surface area contributed by atoms with Crippen molar-refractivity contribution >= 4 is 0 Å². The van der Waals surface area contributed by atoms with Crippen LogP contribution in [0.4, 0.5) is 0 Å². The first kappa shape index (κ1) is 9.13. The smallest absolute Gasteiger partial charge is 0.103 e. The summed E-state index contributed by atoms with van der Waals surface area (Å²) in [4.78, 5) is 0. The summed E-state index contributed by atoms with van der Waals surface area (Å²) in [7, 11) is 0. The Morgan fingerprint density at radius 1 is 0.857 bits per heavy atom. The van der Waals surface area contributed by atoms with E-state index >= 15 is 0 Å². The highest BCUT2D eigenvalue weighted by atomic mass is 16.3. The zero-order valence-electron chi connectivity index (χ0n) is 8.54. The first-order chi connectivity index (χ1) is 6.77. The maximum Gasteiger partial charge on any atom is 0.103 e. The molecule has 2 heterocycles. The molecule has 2 rings (SSSR count). The van der Waals surface area contributed by atoms with E-state index in [4.69, 9.17) is 8.83 Å². The average molecular weight is 190 g/mol. The summed E-state index contributed by atoms with van der Waals surface area (Å²) in [6, 6.07) is 4.06. The van der Waals surface area contributed by atoms with Gasteiger partial charge in [0.25, 0.3) is 0 Å². The highest BCUT2D eigenvalue weighted by molar-refractivity contribution is 5.21. The van der Waals surface area contributed by atoms with Crippen molar-refractivity contribution in [2.45, 2.75) is 26.7 Å². The molecule has 0 aliphatic carbocycles. The van der Waals surface area contributed by atoms with E-state index in [0.717, 1.165) is 24.4 Å². The third-order valence-electron chi connectivity index (χ3n) is 2.60. The lowest BCUT2D eigenvalue weighted by molar-refractivity contribution is 0.526. The van der Waals surface area contributed by atoms with Gasteiger partial charge >= 0.3 is 0 Å². The molecule has 0 radical (unpaired) electrons. The minimum absolute atomic E-state index is 1.02. The van der Waals surface area contributed by atoms with E-state index in [1.807, 2.05) is 26.0 Å². The molecule has 0 atom stereocenters. The van der Waals surface area contributed by atoms with E-state index in [1.165, 1.54) is 11.1 Å². The normalized spacial score (nSPS) is 10.7. The van der Waals surface area contributed by atoms with Crippen molar-refractivity contribution in [2.24, 2.45) is 0 Å². The zero-order chi connectivity index (χ0) is 9.97. The fraction of sp³-hybridized carbons (Fsp3) is 0.333. The van der Waals surface area contributed by atoms with E-state index in [9.17, 15) is 0 Å². The van der Waals surface area contributed by atoms with E-state index in [1.54, 1.807) is 12.5 Å². The van der Waals surface area contributed by atoms with Crippen LogP contribution < -0.4 is 0 Å². The van der Waals surface area contributed by atoms with Gasteiger partial charge in [-0.15, -0.1) is 0 Å². The van der Waals surface area contributed by atoms with Crippen molar-refractivity contribution in [1.82, 2.24) is 0 Å². The fourth-order valence-electron chi connectivity index (χ4n) is 1.61. The summed E-state index contributed by atoms with van der Waals surface area (Å²) < 4.78 is 10.5. The molecule has 0 N–H and O–H groups in total. The third-order valence-corrected chi connectivity index (χ3v) is 2.60. The summed E-state index contributed by atoms with van der Waals surface area (Å²) in [5, 5.41) is 0. The second-order valence-electron chi connectivity index (χ2n) is 3.50. The Balaban J connectivity index is 2.02. The maximum atomic E-state index is 5.24. The molecule has 2 heteroatoms. The average Bonchev–Trinajstić information content (AvgIpc) is 2.72. The molecule has 0 amide bonds. The van der Waals surface area contributed by atoms with E-state index in [-0.39, 0.29) is 0 Å². The zero-order valence-corrected chi connectivity index (χ0v) is 8.54. The quantitative estimate of drug-likeness (QED) is 0.742. The fourth-order valence-corrected chi connectivity index (χ4v) is 1.61. The summed E-state index contributed by atoms with van der Waals surface area (Å²) in [5.41, 5.74) is 2.57. The van der Waals surface area contributed by atoms with E-state index in [2.05, 4.69) is 0 Å². The molecule has 2 nitrogen and oxygen atoms in total. The monoisotopic (exact) mass is 190 g/mol. The van der Waals surface area contributed by atoms with Gasteiger partial charge in [0.1, 0.15) is 11.5 Å². The van der Waals surface area contributed by atoms with Gasteiger partial charge in [0.2, 0.25) is 0 Å². The van der Waals surface area contributed by atoms with Gasteiger partial charge in [-0.1, -0.05) is 0 Å². The molecule has 14 heavy (non-hydrogen) atoms. The van der Waals surface area contributed by atoms with Crippen LogP contribution in [0, 0.1) is 13.8 Å². The molecule has 0 aliphatic rings. The molecule has 0 saturated carbocycles. The number of hydrogen-bond acceptors (Lipinski definition) is 2. The van der Waals surface area contributed by atoms with Crippen LogP contribution in [0.1, 0.15) is 22.6 Å². The Kier molecular flexibility index (Phi) is 2.44. The highest BCUT2D eigenvalue weighted by Crippen LogP contribution is 2.15. The van der Waals surface area contributed by atoms with Gasteiger partial charge in [-0.25, -0.2) is 0 Å². The van der Waals surface area contributed by atoms with Gasteiger partial charge in [-0.05, 0) is 49.9 Å². The standard InChI is InChI=1S/C12H14O2/c1-9-11(5-7-13-9)3-4-12-6-8-14-10(12)2/h5-8H,3-4H2,1-2H3. The molecular weight excluding hydrogens is 176 g/mol. The van der Waals surface area contributed by atoms with Crippen LogP contribution in [0.25, 0.3) is 0 Å². The predicted octanol–water partition coefficient (Wildman–Crippen LogP) is 3.27. The van der Waals surface area contributed by atoms with Crippen LogP contribution in [0.2, 0.25) is 0 Å². The lowest BCUT2D eigenvalue weighted by Crippen LogP contribution is -1.91. The van der Waals surface area contributed by atoms with Crippen molar-refractivity contribution in [2.75, 3.05) is 0 Å². The second kappa shape index (κ2) is 3.74. The summed E-state index contributed by atoms with van der Waals surface area (Å²) in [6.07, 6.45) is 5.52. The summed E-state index contributed by atoms with van der Waals surface area (Å²) in [5.74, 6) is 2.04. The maximum absolute atomic E-state index is 5.24. The SMILES string of the molecule is Cc1occc1CCc1ccoc1C.